The van der Waals surface area contributed by atoms with E-state index in [1.807, 2.05) is 6.26 Å². The van der Waals surface area contributed by atoms with Gasteiger partial charge in [0.1, 0.15) is 18.2 Å². The Kier molecular flexibility index (Phi) is 9.84. The maximum atomic E-state index is 12.2. The summed E-state index contributed by atoms with van der Waals surface area (Å²) in [6.45, 7) is 5.12. The lowest BCUT2D eigenvalue weighted by Crippen LogP contribution is -2.55. The van der Waals surface area contributed by atoms with E-state index in [0.29, 0.717) is 12.2 Å². The molecule has 128 valence electrons. The van der Waals surface area contributed by atoms with Crippen LogP contribution in [0.1, 0.15) is 33.6 Å². The third-order valence-corrected chi connectivity index (χ3v) is 3.81. The van der Waals surface area contributed by atoms with Crippen LogP contribution in [0, 0.1) is 5.92 Å². The molecule has 0 spiro atoms. The third kappa shape index (κ3) is 7.13. The van der Waals surface area contributed by atoms with E-state index in [1.165, 1.54) is 11.8 Å². The number of amides is 2. The van der Waals surface area contributed by atoms with E-state index in [2.05, 4.69) is 10.6 Å². The Bertz CT molecular complexity index is 389. The van der Waals surface area contributed by atoms with Gasteiger partial charge in [0.2, 0.25) is 11.8 Å². The lowest BCUT2D eigenvalue weighted by atomic mass is 10.0. The number of carbonyl (C=O) groups excluding carboxylic acids is 2. The lowest BCUT2D eigenvalue weighted by Gasteiger charge is -2.24. The van der Waals surface area contributed by atoms with Crippen LogP contribution in [0.4, 0.5) is 0 Å². The van der Waals surface area contributed by atoms with Crippen molar-refractivity contribution in [3.05, 3.63) is 0 Å². The SMILES string of the molecule is CCC(O)C(=O)N[C@H](C(=O)N[C@@H](CCSC)C(=O)O)C(C)C. The number of hydrogen-bond acceptors (Lipinski definition) is 5. The number of aliphatic hydroxyl groups is 1. The molecule has 0 aliphatic heterocycles. The van der Waals surface area contributed by atoms with E-state index in [-0.39, 0.29) is 12.3 Å². The predicted molar refractivity (Wildman–Crippen MR) is 85.6 cm³/mol. The van der Waals surface area contributed by atoms with E-state index in [9.17, 15) is 19.5 Å². The Balaban J connectivity index is 4.83. The highest BCUT2D eigenvalue weighted by Gasteiger charge is 2.29. The van der Waals surface area contributed by atoms with Crippen molar-refractivity contribution in [2.24, 2.45) is 5.92 Å². The average Bonchev–Trinajstić information content (AvgIpc) is 2.46. The van der Waals surface area contributed by atoms with Gasteiger partial charge in [-0.1, -0.05) is 20.8 Å². The first-order chi connectivity index (χ1) is 10.2. The number of nitrogens with one attached hydrogen (secondary N) is 2. The van der Waals surface area contributed by atoms with Crippen LogP contribution in [0.25, 0.3) is 0 Å². The first kappa shape index (κ1) is 20.7. The monoisotopic (exact) mass is 334 g/mol. The molecule has 8 heteroatoms. The lowest BCUT2D eigenvalue weighted by molar-refractivity contribution is -0.142. The molecule has 0 aliphatic rings. The zero-order chi connectivity index (χ0) is 17.3. The summed E-state index contributed by atoms with van der Waals surface area (Å²) in [6, 6.07) is -1.88. The summed E-state index contributed by atoms with van der Waals surface area (Å²) in [7, 11) is 0. The summed E-state index contributed by atoms with van der Waals surface area (Å²) in [6.07, 6.45) is 1.22. The van der Waals surface area contributed by atoms with Gasteiger partial charge in [0.25, 0.3) is 0 Å². The van der Waals surface area contributed by atoms with Gasteiger partial charge in [0, 0.05) is 0 Å². The molecular weight excluding hydrogens is 308 g/mol. The fourth-order valence-corrected chi connectivity index (χ4v) is 2.20. The highest BCUT2D eigenvalue weighted by atomic mass is 32.2. The molecule has 0 rings (SSSR count). The Hall–Kier alpha value is -1.28. The maximum absolute atomic E-state index is 12.2. The molecular formula is C14H26N2O5S. The van der Waals surface area contributed by atoms with Gasteiger partial charge in [-0.05, 0) is 30.8 Å². The van der Waals surface area contributed by atoms with E-state index in [0.717, 1.165) is 0 Å². The number of carbonyl (C=O) groups is 3. The molecule has 3 atom stereocenters. The van der Waals surface area contributed by atoms with Gasteiger partial charge in [-0.2, -0.15) is 11.8 Å². The molecule has 0 saturated heterocycles. The van der Waals surface area contributed by atoms with Gasteiger partial charge >= 0.3 is 5.97 Å². The van der Waals surface area contributed by atoms with Crippen molar-refractivity contribution in [2.45, 2.75) is 51.8 Å². The van der Waals surface area contributed by atoms with Gasteiger partial charge < -0.3 is 20.8 Å². The molecule has 0 saturated carbocycles. The number of carboxylic acids is 1. The third-order valence-electron chi connectivity index (χ3n) is 3.16. The van der Waals surface area contributed by atoms with Crippen molar-refractivity contribution in [2.75, 3.05) is 12.0 Å². The Morgan fingerprint density at radius 3 is 2.14 bits per heavy atom. The highest BCUT2D eigenvalue weighted by Crippen LogP contribution is 2.06. The normalized spacial score (nSPS) is 15.0. The average molecular weight is 334 g/mol. The Morgan fingerprint density at radius 2 is 1.73 bits per heavy atom. The van der Waals surface area contributed by atoms with Crippen LogP contribution in [0.15, 0.2) is 0 Å². The smallest absolute Gasteiger partial charge is 0.326 e. The van der Waals surface area contributed by atoms with Crippen molar-refractivity contribution < 1.29 is 24.6 Å². The fourth-order valence-electron chi connectivity index (χ4n) is 1.72. The minimum Gasteiger partial charge on any atom is -0.480 e. The van der Waals surface area contributed by atoms with Crippen LogP contribution in [-0.4, -0.2) is 58.2 Å². The molecule has 0 radical (unpaired) electrons. The summed E-state index contributed by atoms with van der Waals surface area (Å²) < 4.78 is 0. The highest BCUT2D eigenvalue weighted by molar-refractivity contribution is 7.98. The number of aliphatic hydroxyl groups excluding tert-OH is 1. The molecule has 0 fully saturated rings. The standard InChI is InChI=1S/C14H26N2O5S/c1-5-10(17)12(18)16-11(8(2)3)13(19)15-9(14(20)21)6-7-22-4/h8-11,17H,5-7H2,1-4H3,(H,15,19)(H,16,18)(H,20,21)/t9-,10?,11-/m0/s1. The van der Waals surface area contributed by atoms with Crippen LogP contribution >= 0.6 is 11.8 Å². The molecule has 0 aromatic heterocycles. The number of carboxylic acid groups (broad SMARTS) is 1. The second-order valence-electron chi connectivity index (χ2n) is 5.34. The molecule has 0 aromatic carbocycles. The molecule has 0 aromatic rings. The van der Waals surface area contributed by atoms with Gasteiger partial charge in [0.15, 0.2) is 0 Å². The number of rotatable bonds is 10. The van der Waals surface area contributed by atoms with Gasteiger partial charge in [-0.15, -0.1) is 0 Å². The maximum Gasteiger partial charge on any atom is 0.326 e. The molecule has 7 nitrogen and oxygen atoms in total. The summed E-state index contributed by atoms with van der Waals surface area (Å²) in [5.74, 6) is -1.93. The second-order valence-corrected chi connectivity index (χ2v) is 6.32. The predicted octanol–water partition coefficient (Wildman–Crippen LogP) is 0.221. The van der Waals surface area contributed by atoms with Crippen molar-refractivity contribution in [3.8, 4) is 0 Å². The molecule has 0 heterocycles. The van der Waals surface area contributed by atoms with Gasteiger partial charge in [-0.3, -0.25) is 9.59 Å². The number of hydrogen-bond donors (Lipinski definition) is 4. The van der Waals surface area contributed by atoms with Crippen molar-refractivity contribution in [3.63, 3.8) is 0 Å². The van der Waals surface area contributed by atoms with Gasteiger partial charge in [0.05, 0.1) is 0 Å². The minimum atomic E-state index is -1.18. The van der Waals surface area contributed by atoms with Crippen LogP contribution in [0.5, 0.6) is 0 Å². The zero-order valence-electron chi connectivity index (χ0n) is 13.5. The second kappa shape index (κ2) is 10.4. The molecule has 0 bridgehead atoms. The Morgan fingerprint density at radius 1 is 1.14 bits per heavy atom. The first-order valence-corrected chi connectivity index (χ1v) is 8.64. The van der Waals surface area contributed by atoms with Crippen LogP contribution in [-0.2, 0) is 14.4 Å². The van der Waals surface area contributed by atoms with Gasteiger partial charge in [-0.25, -0.2) is 4.79 Å². The molecule has 1 unspecified atom stereocenters. The first-order valence-electron chi connectivity index (χ1n) is 7.25. The molecule has 22 heavy (non-hydrogen) atoms. The van der Waals surface area contributed by atoms with Crippen LogP contribution in [0.3, 0.4) is 0 Å². The quantitative estimate of drug-likeness (QED) is 0.454. The molecule has 2 amide bonds. The Labute approximate surface area is 135 Å². The number of thioether (sulfide) groups is 1. The van der Waals surface area contributed by atoms with E-state index in [1.54, 1.807) is 20.8 Å². The van der Waals surface area contributed by atoms with Crippen molar-refractivity contribution in [1.29, 1.82) is 0 Å². The zero-order valence-corrected chi connectivity index (χ0v) is 14.3. The van der Waals surface area contributed by atoms with Crippen molar-refractivity contribution in [1.82, 2.24) is 10.6 Å². The van der Waals surface area contributed by atoms with E-state index >= 15 is 0 Å². The van der Waals surface area contributed by atoms with Crippen LogP contribution < -0.4 is 10.6 Å². The topological polar surface area (TPSA) is 116 Å². The fraction of sp³-hybridized carbons (Fsp3) is 0.786. The summed E-state index contributed by atoms with van der Waals surface area (Å²) in [4.78, 5) is 35.1. The van der Waals surface area contributed by atoms with E-state index < -0.39 is 36.0 Å². The largest absolute Gasteiger partial charge is 0.480 e. The van der Waals surface area contributed by atoms with E-state index in [4.69, 9.17) is 5.11 Å². The molecule has 4 N–H and O–H groups in total. The summed E-state index contributed by atoms with van der Waals surface area (Å²) in [5.41, 5.74) is 0. The minimum absolute atomic E-state index is 0.233. The van der Waals surface area contributed by atoms with Crippen LogP contribution in [0.2, 0.25) is 0 Å². The van der Waals surface area contributed by atoms with Crippen molar-refractivity contribution >= 4 is 29.5 Å². The summed E-state index contributed by atoms with van der Waals surface area (Å²) >= 11 is 1.49. The summed E-state index contributed by atoms with van der Waals surface area (Å²) in [5, 5.41) is 23.5. The molecule has 0 aliphatic carbocycles. The number of aliphatic carboxylic acids is 1.